The predicted octanol–water partition coefficient (Wildman–Crippen LogP) is 3.80. The lowest BCUT2D eigenvalue weighted by Gasteiger charge is -2.13. The number of hydrogen-bond donors (Lipinski definition) is 1. The van der Waals surface area contributed by atoms with Crippen LogP contribution in [0.2, 0.25) is 0 Å². The molecule has 1 atom stereocenters. The number of esters is 1. The molecule has 0 radical (unpaired) electrons. The van der Waals surface area contributed by atoms with Gasteiger partial charge in [0, 0.05) is 10.6 Å². The van der Waals surface area contributed by atoms with E-state index in [0.29, 0.717) is 10.6 Å². The number of ether oxygens (including phenoxy) is 1. The van der Waals surface area contributed by atoms with Gasteiger partial charge in [-0.3, -0.25) is 4.79 Å². The van der Waals surface area contributed by atoms with Gasteiger partial charge in [-0.05, 0) is 50.1 Å². The van der Waals surface area contributed by atoms with Gasteiger partial charge in [-0.2, -0.15) is 0 Å². The monoisotopic (exact) mass is 317 g/mol. The first kappa shape index (κ1) is 16.2. The first-order chi connectivity index (χ1) is 10.5. The average molecular weight is 317 g/mol. The van der Waals surface area contributed by atoms with Gasteiger partial charge in [0.05, 0.1) is 0 Å². The lowest BCUT2D eigenvalue weighted by molar-refractivity contribution is -0.123. The van der Waals surface area contributed by atoms with Crippen LogP contribution in [-0.2, 0) is 16.0 Å². The van der Waals surface area contributed by atoms with E-state index in [1.54, 1.807) is 13.0 Å². The SMILES string of the molecule is CCc1ccc(NC(=O)[C@@H](C)OC(=O)c2ccc(C)s2)cc1. The molecule has 0 saturated heterocycles. The summed E-state index contributed by atoms with van der Waals surface area (Å²) >= 11 is 1.35. The van der Waals surface area contributed by atoms with Crippen molar-refractivity contribution in [1.29, 1.82) is 0 Å². The van der Waals surface area contributed by atoms with E-state index in [1.807, 2.05) is 37.3 Å². The van der Waals surface area contributed by atoms with E-state index < -0.39 is 12.1 Å². The third-order valence-electron chi connectivity index (χ3n) is 3.22. The Kier molecular flexibility index (Phi) is 5.33. The van der Waals surface area contributed by atoms with Crippen molar-refractivity contribution in [2.75, 3.05) is 5.32 Å². The van der Waals surface area contributed by atoms with E-state index in [0.717, 1.165) is 11.3 Å². The minimum absolute atomic E-state index is 0.342. The summed E-state index contributed by atoms with van der Waals surface area (Å²) in [5.41, 5.74) is 1.89. The molecule has 4 nitrogen and oxygen atoms in total. The summed E-state index contributed by atoms with van der Waals surface area (Å²) in [5, 5.41) is 2.74. The third kappa shape index (κ3) is 4.18. The zero-order valence-corrected chi connectivity index (χ0v) is 13.7. The molecular weight excluding hydrogens is 298 g/mol. The van der Waals surface area contributed by atoms with E-state index in [2.05, 4.69) is 12.2 Å². The Morgan fingerprint density at radius 3 is 2.41 bits per heavy atom. The second-order valence-corrected chi connectivity index (χ2v) is 6.29. The van der Waals surface area contributed by atoms with Crippen molar-refractivity contribution in [3.05, 3.63) is 51.7 Å². The number of amides is 1. The van der Waals surface area contributed by atoms with E-state index in [1.165, 1.54) is 16.9 Å². The highest BCUT2D eigenvalue weighted by atomic mass is 32.1. The van der Waals surface area contributed by atoms with Gasteiger partial charge in [0.1, 0.15) is 4.88 Å². The maximum atomic E-state index is 12.1. The van der Waals surface area contributed by atoms with Crippen LogP contribution in [0.1, 0.15) is 34.0 Å². The predicted molar refractivity (Wildman–Crippen MR) is 88.4 cm³/mol. The Labute approximate surface area is 134 Å². The molecule has 22 heavy (non-hydrogen) atoms. The molecule has 2 aromatic rings. The van der Waals surface area contributed by atoms with Crippen molar-refractivity contribution in [1.82, 2.24) is 0 Å². The number of rotatable bonds is 5. The van der Waals surface area contributed by atoms with Gasteiger partial charge in [-0.1, -0.05) is 19.1 Å². The summed E-state index contributed by atoms with van der Waals surface area (Å²) in [5.74, 6) is -0.812. The van der Waals surface area contributed by atoms with Gasteiger partial charge >= 0.3 is 5.97 Å². The Hall–Kier alpha value is -2.14. The number of carbonyl (C=O) groups is 2. The van der Waals surface area contributed by atoms with Crippen molar-refractivity contribution < 1.29 is 14.3 Å². The molecule has 0 saturated carbocycles. The average Bonchev–Trinajstić information content (AvgIpc) is 2.94. The van der Waals surface area contributed by atoms with E-state index in [-0.39, 0.29) is 5.91 Å². The summed E-state index contributed by atoms with van der Waals surface area (Å²) in [6.07, 6.45) is 0.100. The van der Waals surface area contributed by atoms with Crippen LogP contribution < -0.4 is 5.32 Å². The van der Waals surface area contributed by atoms with E-state index in [9.17, 15) is 9.59 Å². The number of carbonyl (C=O) groups excluding carboxylic acids is 2. The maximum absolute atomic E-state index is 12.1. The molecule has 1 N–H and O–H groups in total. The Morgan fingerprint density at radius 1 is 1.18 bits per heavy atom. The quantitative estimate of drug-likeness (QED) is 0.853. The molecule has 1 heterocycles. The summed E-state index contributed by atoms with van der Waals surface area (Å²) in [4.78, 5) is 25.5. The van der Waals surface area contributed by atoms with Crippen LogP contribution in [0.25, 0.3) is 0 Å². The zero-order chi connectivity index (χ0) is 16.1. The fourth-order valence-corrected chi connectivity index (χ4v) is 2.63. The summed E-state index contributed by atoms with van der Waals surface area (Å²) in [6.45, 7) is 5.55. The van der Waals surface area contributed by atoms with Gasteiger partial charge in [0.25, 0.3) is 5.91 Å². The van der Waals surface area contributed by atoms with E-state index >= 15 is 0 Å². The third-order valence-corrected chi connectivity index (χ3v) is 4.21. The van der Waals surface area contributed by atoms with Crippen LogP contribution in [0.5, 0.6) is 0 Å². The minimum atomic E-state index is -0.847. The van der Waals surface area contributed by atoms with Crippen molar-refractivity contribution in [2.24, 2.45) is 0 Å². The molecule has 0 aliphatic rings. The summed E-state index contributed by atoms with van der Waals surface area (Å²) in [7, 11) is 0. The van der Waals surface area contributed by atoms with Gasteiger partial charge < -0.3 is 10.1 Å². The molecule has 1 amide bonds. The highest BCUT2D eigenvalue weighted by Gasteiger charge is 2.19. The van der Waals surface area contributed by atoms with Crippen LogP contribution in [-0.4, -0.2) is 18.0 Å². The van der Waals surface area contributed by atoms with Crippen molar-refractivity contribution in [2.45, 2.75) is 33.3 Å². The molecule has 1 aromatic heterocycles. The maximum Gasteiger partial charge on any atom is 0.349 e. The Bertz CT molecular complexity index is 661. The van der Waals surface area contributed by atoms with Crippen LogP contribution in [0.4, 0.5) is 5.69 Å². The minimum Gasteiger partial charge on any atom is -0.448 e. The molecule has 5 heteroatoms. The number of aryl methyl sites for hydroxylation is 2. The Balaban J connectivity index is 1.92. The first-order valence-corrected chi connectivity index (χ1v) is 7.98. The zero-order valence-electron chi connectivity index (χ0n) is 12.9. The van der Waals surface area contributed by atoms with Crippen molar-refractivity contribution in [3.63, 3.8) is 0 Å². The smallest absolute Gasteiger partial charge is 0.349 e. The van der Waals surface area contributed by atoms with Gasteiger partial charge in [0.15, 0.2) is 6.10 Å². The van der Waals surface area contributed by atoms with Crippen molar-refractivity contribution >= 4 is 28.9 Å². The number of nitrogens with one attached hydrogen (secondary N) is 1. The highest BCUT2D eigenvalue weighted by molar-refractivity contribution is 7.13. The number of anilines is 1. The topological polar surface area (TPSA) is 55.4 Å². The summed E-state index contributed by atoms with van der Waals surface area (Å²) < 4.78 is 5.19. The number of hydrogen-bond acceptors (Lipinski definition) is 4. The van der Waals surface area contributed by atoms with Gasteiger partial charge in [-0.15, -0.1) is 11.3 Å². The fraction of sp³-hybridized carbons (Fsp3) is 0.294. The first-order valence-electron chi connectivity index (χ1n) is 7.17. The normalized spacial score (nSPS) is 11.8. The standard InChI is InChI=1S/C17H19NO3S/c1-4-13-6-8-14(9-7-13)18-16(19)12(3)21-17(20)15-10-5-11(2)22-15/h5-10,12H,4H2,1-3H3,(H,18,19)/t12-/m1/s1. The molecule has 0 fully saturated rings. The molecule has 0 bridgehead atoms. The van der Waals surface area contributed by atoms with Crippen LogP contribution >= 0.6 is 11.3 Å². The van der Waals surface area contributed by atoms with Crippen LogP contribution in [0.15, 0.2) is 36.4 Å². The van der Waals surface area contributed by atoms with Gasteiger partial charge in [-0.25, -0.2) is 4.79 Å². The van der Waals surface area contributed by atoms with Crippen LogP contribution in [0.3, 0.4) is 0 Å². The second kappa shape index (κ2) is 7.22. The number of benzene rings is 1. The van der Waals surface area contributed by atoms with E-state index in [4.69, 9.17) is 4.74 Å². The summed E-state index contributed by atoms with van der Waals surface area (Å²) in [6, 6.07) is 11.2. The second-order valence-electron chi connectivity index (χ2n) is 5.00. The molecule has 0 unspecified atom stereocenters. The molecule has 116 valence electrons. The highest BCUT2D eigenvalue weighted by Crippen LogP contribution is 2.17. The molecule has 0 spiro atoms. The molecular formula is C17H19NO3S. The van der Waals surface area contributed by atoms with Crippen molar-refractivity contribution in [3.8, 4) is 0 Å². The number of thiophene rings is 1. The fourth-order valence-electron chi connectivity index (χ4n) is 1.88. The van der Waals surface area contributed by atoms with Gasteiger partial charge in [0.2, 0.25) is 0 Å². The lowest BCUT2D eigenvalue weighted by Crippen LogP contribution is -2.29. The Morgan fingerprint density at radius 2 is 1.86 bits per heavy atom. The molecule has 0 aliphatic carbocycles. The molecule has 2 rings (SSSR count). The molecule has 0 aliphatic heterocycles. The van der Waals surface area contributed by atoms with Crippen LogP contribution in [0, 0.1) is 6.92 Å². The lowest BCUT2D eigenvalue weighted by atomic mass is 10.1. The largest absolute Gasteiger partial charge is 0.448 e. The molecule has 1 aromatic carbocycles.